The molecule has 0 bridgehead atoms. The van der Waals surface area contributed by atoms with Gasteiger partial charge >= 0.3 is 6.18 Å². The number of halogens is 4. The molecule has 0 aliphatic heterocycles. The molecule has 0 atom stereocenters. The van der Waals surface area contributed by atoms with E-state index in [1.54, 1.807) is 18.3 Å². The van der Waals surface area contributed by atoms with E-state index in [4.69, 9.17) is 0 Å². The minimum atomic E-state index is -4.25. The third-order valence-electron chi connectivity index (χ3n) is 3.22. The van der Waals surface area contributed by atoms with Crippen molar-refractivity contribution < 1.29 is 17.6 Å². The van der Waals surface area contributed by atoms with Crippen molar-refractivity contribution in [3.8, 4) is 0 Å². The van der Waals surface area contributed by atoms with Gasteiger partial charge < -0.3 is 10.6 Å². The predicted molar refractivity (Wildman–Crippen MR) is 81.8 cm³/mol. The van der Waals surface area contributed by atoms with Gasteiger partial charge in [0.2, 0.25) is 0 Å². The fourth-order valence-electron chi connectivity index (χ4n) is 2.15. The van der Waals surface area contributed by atoms with Crippen LogP contribution in [0.1, 0.15) is 6.42 Å². The van der Waals surface area contributed by atoms with Crippen molar-refractivity contribution in [3.63, 3.8) is 0 Å². The smallest absolute Gasteiger partial charge is 0.382 e. The van der Waals surface area contributed by atoms with E-state index >= 15 is 0 Å². The van der Waals surface area contributed by atoms with Gasteiger partial charge in [-0.2, -0.15) is 13.2 Å². The van der Waals surface area contributed by atoms with Crippen LogP contribution in [0.15, 0.2) is 42.7 Å². The highest BCUT2D eigenvalue weighted by Gasteiger charge is 2.26. The van der Waals surface area contributed by atoms with Gasteiger partial charge in [0.15, 0.2) is 11.5 Å². The molecule has 1 aromatic carbocycles. The first kappa shape index (κ1) is 16.0. The van der Waals surface area contributed by atoms with Gasteiger partial charge in [-0.1, -0.05) is 12.1 Å². The first-order valence-corrected chi connectivity index (χ1v) is 7.09. The molecule has 2 N–H and O–H groups in total. The Morgan fingerprint density at radius 1 is 1.12 bits per heavy atom. The second-order valence-electron chi connectivity index (χ2n) is 5.04. The highest BCUT2D eigenvalue weighted by atomic mass is 19.4. The zero-order valence-corrected chi connectivity index (χ0v) is 12.3. The molecule has 0 aliphatic carbocycles. The van der Waals surface area contributed by atoms with Gasteiger partial charge in [-0.25, -0.2) is 13.9 Å². The molecule has 24 heavy (non-hydrogen) atoms. The highest BCUT2D eigenvalue weighted by Crippen LogP contribution is 2.24. The number of fused-ring (bicyclic) bond motifs is 1. The zero-order valence-electron chi connectivity index (χ0n) is 12.3. The number of alkyl halides is 3. The molecule has 0 unspecified atom stereocenters. The number of benzene rings is 1. The summed E-state index contributed by atoms with van der Waals surface area (Å²) in [6.07, 6.45) is -2.20. The molecular weight excluding hydrogens is 326 g/mol. The number of anilines is 3. The van der Waals surface area contributed by atoms with Crippen molar-refractivity contribution in [1.29, 1.82) is 0 Å². The Balaban J connectivity index is 1.86. The van der Waals surface area contributed by atoms with Crippen LogP contribution < -0.4 is 10.6 Å². The molecule has 5 nitrogen and oxygen atoms in total. The number of rotatable bonds is 5. The maximum atomic E-state index is 13.7. The fourth-order valence-corrected chi connectivity index (χ4v) is 2.15. The molecule has 0 aliphatic rings. The van der Waals surface area contributed by atoms with Crippen molar-refractivity contribution >= 4 is 22.8 Å². The molecule has 0 amide bonds. The molecule has 9 heteroatoms. The fraction of sp³-hybridized carbons (Fsp3) is 0.200. The summed E-state index contributed by atoms with van der Waals surface area (Å²) < 4.78 is 52.0. The summed E-state index contributed by atoms with van der Waals surface area (Å²) in [5, 5.41) is 9.70. The van der Waals surface area contributed by atoms with Gasteiger partial charge in [-0.05, 0) is 12.1 Å². The van der Waals surface area contributed by atoms with E-state index in [0.717, 1.165) is 0 Å². The molecule has 3 rings (SSSR count). The van der Waals surface area contributed by atoms with E-state index < -0.39 is 18.4 Å². The van der Waals surface area contributed by atoms with Gasteiger partial charge in [0, 0.05) is 25.0 Å². The maximum absolute atomic E-state index is 13.7. The quantitative estimate of drug-likeness (QED) is 0.691. The average Bonchev–Trinajstić information content (AvgIpc) is 2.97. The Labute approximate surface area is 134 Å². The zero-order chi connectivity index (χ0) is 17.2. The van der Waals surface area contributed by atoms with E-state index in [2.05, 4.69) is 20.7 Å². The number of hydrogen-bond acceptors (Lipinski definition) is 4. The van der Waals surface area contributed by atoms with Gasteiger partial charge in [-0.3, -0.25) is 0 Å². The van der Waals surface area contributed by atoms with Crippen LogP contribution in [0.25, 0.3) is 5.65 Å². The van der Waals surface area contributed by atoms with Crippen molar-refractivity contribution in [3.05, 3.63) is 48.5 Å². The minimum absolute atomic E-state index is 0.214. The number of nitrogens with one attached hydrogen (secondary N) is 2. The summed E-state index contributed by atoms with van der Waals surface area (Å²) in [6.45, 7) is -0.296. The molecule has 0 saturated heterocycles. The molecular formula is C15H13F4N5. The maximum Gasteiger partial charge on any atom is 0.390 e. The number of hydrogen-bond donors (Lipinski definition) is 2. The van der Waals surface area contributed by atoms with Crippen molar-refractivity contribution in [2.75, 3.05) is 17.2 Å². The number of nitrogens with zero attached hydrogens (tertiary/aromatic N) is 3. The normalized spacial score (nSPS) is 11.7. The Bertz CT molecular complexity index is 843. The van der Waals surface area contributed by atoms with Crippen LogP contribution in [0.4, 0.5) is 34.8 Å². The Morgan fingerprint density at radius 3 is 2.67 bits per heavy atom. The van der Waals surface area contributed by atoms with Crippen LogP contribution in [0.3, 0.4) is 0 Å². The van der Waals surface area contributed by atoms with E-state index in [-0.39, 0.29) is 18.1 Å². The standard InChI is InChI=1S/C15H13F4N5/c16-10-3-1-2-4-11(10)22-13-9-12(20-6-5-15(17,18)19)14-21-7-8-24(14)23-13/h1-4,7-9,20H,5-6H2,(H,22,23). The van der Waals surface area contributed by atoms with Crippen LogP contribution in [-0.4, -0.2) is 27.3 Å². The largest absolute Gasteiger partial charge is 0.390 e. The molecule has 2 aromatic heterocycles. The first-order valence-electron chi connectivity index (χ1n) is 7.09. The summed E-state index contributed by atoms with van der Waals surface area (Å²) in [6, 6.07) is 7.53. The number of imidazole rings is 1. The van der Waals surface area contributed by atoms with Crippen LogP contribution in [0.5, 0.6) is 0 Å². The molecule has 2 heterocycles. The van der Waals surface area contributed by atoms with E-state index in [0.29, 0.717) is 11.3 Å². The lowest BCUT2D eigenvalue weighted by atomic mass is 10.3. The molecule has 0 spiro atoms. The molecule has 0 fully saturated rings. The first-order chi connectivity index (χ1) is 11.4. The van der Waals surface area contributed by atoms with Crippen LogP contribution in [0.2, 0.25) is 0 Å². The summed E-state index contributed by atoms with van der Waals surface area (Å²) in [5.74, 6) is -0.184. The van der Waals surface area contributed by atoms with E-state index in [9.17, 15) is 17.6 Å². The molecule has 3 aromatic rings. The molecule has 0 saturated carbocycles. The van der Waals surface area contributed by atoms with Crippen LogP contribution in [0, 0.1) is 5.82 Å². The van der Waals surface area contributed by atoms with Crippen LogP contribution >= 0.6 is 0 Å². The van der Waals surface area contributed by atoms with E-state index in [1.165, 1.54) is 28.9 Å². The third-order valence-corrected chi connectivity index (χ3v) is 3.22. The van der Waals surface area contributed by atoms with Gasteiger partial charge in [0.1, 0.15) is 5.82 Å². The van der Waals surface area contributed by atoms with Crippen LogP contribution in [-0.2, 0) is 0 Å². The third kappa shape index (κ3) is 3.73. The number of aromatic nitrogens is 3. The Kier molecular flexibility index (Phi) is 4.24. The molecule has 126 valence electrons. The van der Waals surface area contributed by atoms with E-state index in [1.807, 2.05) is 0 Å². The second-order valence-corrected chi connectivity index (χ2v) is 5.04. The van der Waals surface area contributed by atoms with Gasteiger partial charge in [-0.15, -0.1) is 5.10 Å². The Morgan fingerprint density at radius 2 is 1.92 bits per heavy atom. The SMILES string of the molecule is Fc1ccccc1Nc1cc(NCCC(F)(F)F)c2nccn2n1. The monoisotopic (exact) mass is 339 g/mol. The highest BCUT2D eigenvalue weighted by molar-refractivity contribution is 5.72. The summed E-state index contributed by atoms with van der Waals surface area (Å²) >= 11 is 0. The van der Waals surface area contributed by atoms with Crippen molar-refractivity contribution in [1.82, 2.24) is 14.6 Å². The second kappa shape index (κ2) is 6.34. The summed E-state index contributed by atoms with van der Waals surface area (Å²) in [5.41, 5.74) is 0.972. The summed E-state index contributed by atoms with van der Waals surface area (Å²) in [4.78, 5) is 4.05. The lowest BCUT2D eigenvalue weighted by molar-refractivity contribution is -0.131. The van der Waals surface area contributed by atoms with Gasteiger partial charge in [0.05, 0.1) is 17.8 Å². The average molecular weight is 339 g/mol. The molecule has 0 radical (unpaired) electrons. The lowest BCUT2D eigenvalue weighted by Gasteiger charge is -2.12. The Hall–Kier alpha value is -2.84. The lowest BCUT2D eigenvalue weighted by Crippen LogP contribution is -2.15. The summed E-state index contributed by atoms with van der Waals surface area (Å²) in [7, 11) is 0. The number of para-hydroxylation sites is 1. The van der Waals surface area contributed by atoms with Gasteiger partial charge in [0.25, 0.3) is 0 Å². The van der Waals surface area contributed by atoms with Crippen molar-refractivity contribution in [2.24, 2.45) is 0 Å². The minimum Gasteiger partial charge on any atom is -0.382 e. The topological polar surface area (TPSA) is 54.2 Å². The predicted octanol–water partition coefficient (Wildman–Crippen LogP) is 3.98. The van der Waals surface area contributed by atoms with Crippen molar-refractivity contribution in [2.45, 2.75) is 12.6 Å².